The molecule has 0 saturated carbocycles. The van der Waals surface area contributed by atoms with E-state index in [0.29, 0.717) is 30.1 Å². The van der Waals surface area contributed by atoms with Gasteiger partial charge in [0.2, 0.25) is 5.91 Å². The first-order valence-electron chi connectivity index (χ1n) is 8.89. The maximum Gasteiger partial charge on any atom is 0.223 e. The van der Waals surface area contributed by atoms with E-state index in [4.69, 9.17) is 4.42 Å². The highest BCUT2D eigenvalue weighted by atomic mass is 19.1. The second-order valence-corrected chi connectivity index (χ2v) is 6.33. The maximum atomic E-state index is 13.8. The summed E-state index contributed by atoms with van der Waals surface area (Å²) in [5, 5.41) is 3.31. The number of carbonyl (C=O) groups excluding carboxylic acids is 1. The van der Waals surface area contributed by atoms with Crippen LogP contribution in [0, 0.1) is 5.82 Å². The second kappa shape index (κ2) is 8.25. The standard InChI is InChI=1S/C19H24FN3O2/c1-2-11-23(14-9-10-21-12-14)19(24)8-7-18-22-13-17(25-18)15-5-3-4-6-16(15)20/h3-6,13-14,21H,2,7-12H2,1H3. The number of amides is 1. The Kier molecular flexibility index (Phi) is 5.81. The number of aromatic nitrogens is 1. The molecule has 1 aromatic carbocycles. The van der Waals surface area contributed by atoms with Crippen LogP contribution in [0.15, 0.2) is 34.9 Å². The smallest absolute Gasteiger partial charge is 0.223 e. The minimum absolute atomic E-state index is 0.126. The second-order valence-electron chi connectivity index (χ2n) is 6.33. The normalized spacial score (nSPS) is 17.0. The van der Waals surface area contributed by atoms with Gasteiger partial charge in [0.25, 0.3) is 0 Å². The molecule has 6 heteroatoms. The topological polar surface area (TPSA) is 58.4 Å². The van der Waals surface area contributed by atoms with Gasteiger partial charge in [-0.1, -0.05) is 19.1 Å². The Hall–Kier alpha value is -2.21. The molecule has 1 saturated heterocycles. The first-order valence-corrected chi connectivity index (χ1v) is 8.89. The number of carbonyl (C=O) groups is 1. The quantitative estimate of drug-likeness (QED) is 0.838. The molecule has 0 spiro atoms. The molecule has 0 radical (unpaired) electrons. The van der Waals surface area contributed by atoms with E-state index in [0.717, 1.165) is 32.5 Å². The van der Waals surface area contributed by atoms with Gasteiger partial charge >= 0.3 is 0 Å². The fourth-order valence-corrected chi connectivity index (χ4v) is 3.23. The van der Waals surface area contributed by atoms with Crippen LogP contribution >= 0.6 is 0 Å². The van der Waals surface area contributed by atoms with Crippen molar-refractivity contribution in [2.24, 2.45) is 0 Å². The van der Waals surface area contributed by atoms with E-state index >= 15 is 0 Å². The fourth-order valence-electron chi connectivity index (χ4n) is 3.23. The van der Waals surface area contributed by atoms with Crippen LogP contribution < -0.4 is 5.32 Å². The predicted octanol–water partition coefficient (Wildman–Crippen LogP) is 3.01. The highest BCUT2D eigenvalue weighted by molar-refractivity contribution is 5.76. The van der Waals surface area contributed by atoms with Crippen molar-refractivity contribution in [1.82, 2.24) is 15.2 Å². The van der Waals surface area contributed by atoms with Crippen molar-refractivity contribution >= 4 is 5.91 Å². The molecule has 1 aliphatic rings. The van der Waals surface area contributed by atoms with Crippen LogP contribution in [-0.4, -0.2) is 41.5 Å². The lowest BCUT2D eigenvalue weighted by Gasteiger charge is -2.28. The van der Waals surface area contributed by atoms with Crippen molar-refractivity contribution in [3.63, 3.8) is 0 Å². The van der Waals surface area contributed by atoms with Crippen molar-refractivity contribution in [2.75, 3.05) is 19.6 Å². The Morgan fingerprint density at radius 3 is 3.00 bits per heavy atom. The van der Waals surface area contributed by atoms with Crippen LogP contribution in [0.1, 0.15) is 32.1 Å². The number of nitrogens with one attached hydrogen (secondary N) is 1. The first-order chi connectivity index (χ1) is 12.2. The average Bonchev–Trinajstić information content (AvgIpc) is 3.30. The first kappa shape index (κ1) is 17.6. The van der Waals surface area contributed by atoms with Crippen LogP contribution in [0.4, 0.5) is 4.39 Å². The number of nitrogens with zero attached hydrogens (tertiary/aromatic N) is 2. The van der Waals surface area contributed by atoms with Crippen molar-refractivity contribution in [3.05, 3.63) is 42.2 Å². The molecule has 2 heterocycles. The molecule has 0 aliphatic carbocycles. The van der Waals surface area contributed by atoms with Gasteiger partial charge in [-0.15, -0.1) is 0 Å². The lowest BCUT2D eigenvalue weighted by atomic mass is 10.1. The SMILES string of the molecule is CCCN(C(=O)CCc1ncc(-c2ccccc2F)o1)C1CCNC1. The summed E-state index contributed by atoms with van der Waals surface area (Å²) in [7, 11) is 0. The van der Waals surface area contributed by atoms with E-state index in [2.05, 4.69) is 17.2 Å². The Morgan fingerprint density at radius 2 is 2.28 bits per heavy atom. The molecular weight excluding hydrogens is 321 g/mol. The van der Waals surface area contributed by atoms with Gasteiger partial charge in [-0.2, -0.15) is 0 Å². The Labute approximate surface area is 147 Å². The summed E-state index contributed by atoms with van der Waals surface area (Å²) in [6.07, 6.45) is 4.24. The van der Waals surface area contributed by atoms with E-state index in [-0.39, 0.29) is 17.8 Å². The molecule has 1 fully saturated rings. The summed E-state index contributed by atoms with van der Waals surface area (Å²) in [6, 6.07) is 6.71. The van der Waals surface area contributed by atoms with Crippen LogP contribution in [0.2, 0.25) is 0 Å². The molecule has 3 rings (SSSR count). The molecule has 25 heavy (non-hydrogen) atoms. The molecule has 1 atom stereocenters. The van der Waals surface area contributed by atoms with Crippen LogP contribution in [0.25, 0.3) is 11.3 Å². The van der Waals surface area contributed by atoms with Gasteiger partial charge in [0, 0.05) is 32.0 Å². The van der Waals surface area contributed by atoms with Crippen LogP contribution in [0.5, 0.6) is 0 Å². The highest BCUT2D eigenvalue weighted by Gasteiger charge is 2.25. The fraction of sp³-hybridized carbons (Fsp3) is 0.474. The number of halogens is 1. The number of oxazole rings is 1. The number of rotatable bonds is 7. The number of hydrogen-bond donors (Lipinski definition) is 1. The number of benzene rings is 1. The maximum absolute atomic E-state index is 13.8. The summed E-state index contributed by atoms with van der Waals surface area (Å²) in [5.74, 6) is 0.642. The van der Waals surface area contributed by atoms with Gasteiger partial charge in [0.15, 0.2) is 11.7 Å². The Bertz CT molecular complexity index is 710. The van der Waals surface area contributed by atoms with E-state index in [1.54, 1.807) is 18.2 Å². The molecule has 1 aliphatic heterocycles. The molecule has 1 aromatic heterocycles. The van der Waals surface area contributed by atoms with Crippen LogP contribution in [0.3, 0.4) is 0 Å². The molecule has 1 amide bonds. The zero-order chi connectivity index (χ0) is 17.6. The van der Waals surface area contributed by atoms with Crippen molar-refractivity contribution < 1.29 is 13.6 Å². The van der Waals surface area contributed by atoms with Crippen molar-refractivity contribution in [1.29, 1.82) is 0 Å². The van der Waals surface area contributed by atoms with Crippen molar-refractivity contribution in [2.45, 2.75) is 38.6 Å². The highest BCUT2D eigenvalue weighted by Crippen LogP contribution is 2.23. The van der Waals surface area contributed by atoms with E-state index in [1.807, 2.05) is 4.90 Å². The third kappa shape index (κ3) is 4.25. The monoisotopic (exact) mass is 345 g/mol. The van der Waals surface area contributed by atoms with Gasteiger partial charge in [0.1, 0.15) is 5.82 Å². The lowest BCUT2D eigenvalue weighted by Crippen LogP contribution is -2.42. The summed E-state index contributed by atoms with van der Waals surface area (Å²) >= 11 is 0. The van der Waals surface area contributed by atoms with Crippen LogP contribution in [-0.2, 0) is 11.2 Å². The zero-order valence-electron chi connectivity index (χ0n) is 14.5. The molecule has 134 valence electrons. The third-order valence-corrected chi connectivity index (χ3v) is 4.51. The molecule has 1 N–H and O–H groups in total. The third-order valence-electron chi connectivity index (χ3n) is 4.51. The van der Waals surface area contributed by atoms with E-state index in [9.17, 15) is 9.18 Å². The molecule has 2 aromatic rings. The average molecular weight is 345 g/mol. The van der Waals surface area contributed by atoms with Gasteiger partial charge in [0.05, 0.1) is 11.8 Å². The van der Waals surface area contributed by atoms with E-state index < -0.39 is 0 Å². The Morgan fingerprint density at radius 1 is 1.44 bits per heavy atom. The van der Waals surface area contributed by atoms with Gasteiger partial charge in [-0.05, 0) is 31.5 Å². The summed E-state index contributed by atoms with van der Waals surface area (Å²) in [6.45, 7) is 4.68. The minimum Gasteiger partial charge on any atom is -0.441 e. The van der Waals surface area contributed by atoms with Crippen molar-refractivity contribution in [3.8, 4) is 11.3 Å². The predicted molar refractivity (Wildman–Crippen MR) is 93.5 cm³/mol. The van der Waals surface area contributed by atoms with Gasteiger partial charge < -0.3 is 14.6 Å². The largest absolute Gasteiger partial charge is 0.441 e. The Balaban J connectivity index is 1.61. The summed E-state index contributed by atoms with van der Waals surface area (Å²) in [4.78, 5) is 18.8. The molecular formula is C19H24FN3O2. The molecule has 5 nitrogen and oxygen atoms in total. The molecule has 1 unspecified atom stereocenters. The number of hydrogen-bond acceptors (Lipinski definition) is 4. The summed E-state index contributed by atoms with van der Waals surface area (Å²) in [5.41, 5.74) is 0.386. The minimum atomic E-state index is -0.343. The van der Waals surface area contributed by atoms with E-state index in [1.165, 1.54) is 12.3 Å². The molecule has 0 bridgehead atoms. The summed E-state index contributed by atoms with van der Waals surface area (Å²) < 4.78 is 19.4. The number of aryl methyl sites for hydroxylation is 1. The van der Waals surface area contributed by atoms with Gasteiger partial charge in [-0.3, -0.25) is 4.79 Å². The lowest BCUT2D eigenvalue weighted by molar-refractivity contribution is -0.133. The zero-order valence-corrected chi connectivity index (χ0v) is 14.5. The van der Waals surface area contributed by atoms with Gasteiger partial charge in [-0.25, -0.2) is 9.37 Å².